The quantitative estimate of drug-likeness (QED) is 0.690. The molecule has 15 heavy (non-hydrogen) atoms. The first kappa shape index (κ1) is 9.76. The summed E-state index contributed by atoms with van der Waals surface area (Å²) in [6, 6.07) is 1.85. The predicted octanol–water partition coefficient (Wildman–Crippen LogP) is 0.750. The lowest BCUT2D eigenvalue weighted by atomic mass is 10.3. The molecule has 0 atom stereocenters. The first-order chi connectivity index (χ1) is 7.40. The molecule has 0 fully saturated rings. The molecule has 0 saturated carbocycles. The molecule has 0 N–H and O–H groups in total. The Kier molecular flexibility index (Phi) is 3.02. The largest absolute Gasteiger partial charge is 0.240 e. The molecule has 5 heteroatoms. The molecule has 2 rings (SSSR count). The van der Waals surface area contributed by atoms with Crippen LogP contribution in [0.5, 0.6) is 0 Å². The molecule has 0 aliphatic carbocycles. The zero-order chi connectivity index (χ0) is 10.5. The van der Waals surface area contributed by atoms with E-state index >= 15 is 0 Å². The summed E-state index contributed by atoms with van der Waals surface area (Å²) in [5.41, 5.74) is 0. The molecule has 2 heterocycles. The van der Waals surface area contributed by atoms with E-state index in [1.54, 1.807) is 12.5 Å². The Labute approximate surface area is 88.4 Å². The zero-order valence-corrected chi connectivity index (χ0v) is 8.74. The number of aromatic nitrogens is 5. The minimum atomic E-state index is 0.841. The summed E-state index contributed by atoms with van der Waals surface area (Å²) >= 11 is 0. The summed E-state index contributed by atoms with van der Waals surface area (Å²) in [5, 5.41) is 4.25. The molecule has 0 aromatic carbocycles. The second-order valence-corrected chi connectivity index (χ2v) is 3.34. The van der Waals surface area contributed by atoms with Gasteiger partial charge in [0.2, 0.25) is 12.1 Å². The van der Waals surface area contributed by atoms with Gasteiger partial charge in [-0.2, -0.15) is 4.57 Å². The van der Waals surface area contributed by atoms with Crippen molar-refractivity contribution in [3.05, 3.63) is 31.2 Å². The Balaban J connectivity index is 2.14. The smallest absolute Gasteiger partial charge is 0.232 e. The van der Waals surface area contributed by atoms with E-state index in [0.29, 0.717) is 0 Å². The second-order valence-electron chi connectivity index (χ2n) is 3.34. The van der Waals surface area contributed by atoms with Crippen LogP contribution in [0.25, 0.3) is 5.82 Å². The predicted molar refractivity (Wildman–Crippen MR) is 54.3 cm³/mol. The van der Waals surface area contributed by atoms with Crippen molar-refractivity contribution >= 4 is 0 Å². The lowest BCUT2D eigenvalue weighted by Gasteiger charge is -1.92. The molecule has 2 aromatic heterocycles. The first-order valence-electron chi connectivity index (χ1n) is 5.10. The number of rotatable bonds is 4. The van der Waals surface area contributed by atoms with Crippen molar-refractivity contribution in [2.75, 3.05) is 0 Å². The molecular weight excluding hydrogens is 190 g/mol. The molecule has 0 radical (unpaired) electrons. The van der Waals surface area contributed by atoms with Crippen LogP contribution >= 0.6 is 0 Å². The van der Waals surface area contributed by atoms with E-state index in [4.69, 9.17) is 0 Å². The van der Waals surface area contributed by atoms with E-state index in [9.17, 15) is 0 Å². The minimum absolute atomic E-state index is 0.841. The Hall–Kier alpha value is -1.78. The van der Waals surface area contributed by atoms with Gasteiger partial charge in [-0.25, -0.2) is 4.98 Å². The van der Waals surface area contributed by atoms with E-state index in [1.807, 2.05) is 21.6 Å². The van der Waals surface area contributed by atoms with E-state index in [0.717, 1.165) is 18.8 Å². The van der Waals surface area contributed by atoms with Crippen LogP contribution < -0.4 is 4.57 Å². The van der Waals surface area contributed by atoms with Gasteiger partial charge in [-0.05, 0) is 11.5 Å². The summed E-state index contributed by atoms with van der Waals surface area (Å²) < 4.78 is 3.81. The average molecular weight is 204 g/mol. The molecule has 0 saturated heterocycles. The molecule has 78 valence electrons. The lowest BCUT2D eigenvalue weighted by Crippen LogP contribution is -2.29. The molecule has 0 unspecified atom stereocenters. The molecule has 5 nitrogen and oxygen atoms in total. The molecule has 2 aromatic rings. The van der Waals surface area contributed by atoms with Crippen molar-refractivity contribution in [1.29, 1.82) is 0 Å². The Morgan fingerprint density at radius 2 is 2.40 bits per heavy atom. The highest BCUT2D eigenvalue weighted by Gasteiger charge is 2.06. The van der Waals surface area contributed by atoms with Crippen molar-refractivity contribution in [3.63, 3.8) is 0 Å². The van der Waals surface area contributed by atoms with Gasteiger partial charge in [0, 0.05) is 12.3 Å². The normalized spacial score (nSPS) is 10.5. The van der Waals surface area contributed by atoms with E-state index in [2.05, 4.69) is 22.0 Å². The highest BCUT2D eigenvalue weighted by Crippen LogP contribution is 1.93. The number of hydrogen-bond acceptors (Lipinski definition) is 3. The van der Waals surface area contributed by atoms with Crippen LogP contribution in [-0.4, -0.2) is 19.7 Å². The lowest BCUT2D eigenvalue weighted by molar-refractivity contribution is -0.600. The van der Waals surface area contributed by atoms with Gasteiger partial charge >= 0.3 is 0 Å². The molecular formula is C10H14N5+. The third-order valence-corrected chi connectivity index (χ3v) is 2.15. The number of unbranched alkanes of at least 4 members (excludes halogenated alkanes) is 1. The number of nitrogens with zero attached hydrogens (tertiary/aromatic N) is 5. The zero-order valence-electron chi connectivity index (χ0n) is 8.74. The maximum Gasteiger partial charge on any atom is 0.240 e. The van der Waals surface area contributed by atoms with Crippen LogP contribution in [0.15, 0.2) is 31.2 Å². The summed E-state index contributed by atoms with van der Waals surface area (Å²) in [7, 11) is 0. The van der Waals surface area contributed by atoms with Gasteiger partial charge in [-0.1, -0.05) is 13.3 Å². The minimum Gasteiger partial charge on any atom is -0.232 e. The maximum atomic E-state index is 4.25. The van der Waals surface area contributed by atoms with Gasteiger partial charge in [0.25, 0.3) is 0 Å². The summed E-state index contributed by atoms with van der Waals surface area (Å²) in [4.78, 5) is 8.02. The van der Waals surface area contributed by atoms with Gasteiger partial charge in [-0.15, -0.1) is 9.67 Å². The summed E-state index contributed by atoms with van der Waals surface area (Å²) in [6.45, 7) is 3.12. The molecule has 0 aliphatic heterocycles. The van der Waals surface area contributed by atoms with Crippen LogP contribution in [0, 0.1) is 0 Å². The van der Waals surface area contributed by atoms with Crippen LogP contribution in [0.4, 0.5) is 0 Å². The van der Waals surface area contributed by atoms with Gasteiger partial charge < -0.3 is 0 Å². The maximum absolute atomic E-state index is 4.25. The van der Waals surface area contributed by atoms with E-state index in [1.165, 1.54) is 12.7 Å². The topological polar surface area (TPSA) is 47.5 Å². The van der Waals surface area contributed by atoms with Crippen molar-refractivity contribution in [1.82, 2.24) is 19.7 Å². The third-order valence-electron chi connectivity index (χ3n) is 2.15. The standard InChI is InChI=1S/C10H14N5/c1-2-3-6-15-9-14(8-13-15)10-4-5-11-7-12-10/h4-5,7-9H,2-3,6H2,1H3/q+1. The molecule has 0 bridgehead atoms. The van der Waals surface area contributed by atoms with Crippen molar-refractivity contribution in [3.8, 4) is 5.82 Å². The summed E-state index contributed by atoms with van der Waals surface area (Å²) in [6.07, 6.45) is 9.28. The van der Waals surface area contributed by atoms with Crippen molar-refractivity contribution in [2.45, 2.75) is 26.3 Å². The van der Waals surface area contributed by atoms with Gasteiger partial charge in [-0.3, -0.25) is 0 Å². The molecule has 0 amide bonds. The van der Waals surface area contributed by atoms with E-state index < -0.39 is 0 Å². The third kappa shape index (κ3) is 2.37. The monoisotopic (exact) mass is 204 g/mol. The van der Waals surface area contributed by atoms with Crippen LogP contribution in [0.3, 0.4) is 0 Å². The van der Waals surface area contributed by atoms with Crippen LogP contribution in [0.1, 0.15) is 19.8 Å². The van der Waals surface area contributed by atoms with Crippen LogP contribution in [-0.2, 0) is 6.54 Å². The Morgan fingerprint density at radius 3 is 3.13 bits per heavy atom. The molecule has 0 spiro atoms. The van der Waals surface area contributed by atoms with Gasteiger partial charge in [0.05, 0.1) is 6.54 Å². The summed E-state index contributed by atoms with van der Waals surface area (Å²) in [5.74, 6) is 0.841. The van der Waals surface area contributed by atoms with Gasteiger partial charge in [0.15, 0.2) is 12.7 Å². The van der Waals surface area contributed by atoms with Crippen LogP contribution in [0.2, 0.25) is 0 Å². The fourth-order valence-corrected chi connectivity index (χ4v) is 1.32. The highest BCUT2D eigenvalue weighted by molar-refractivity contribution is 5.03. The second kappa shape index (κ2) is 4.63. The number of hydrogen-bond donors (Lipinski definition) is 0. The number of aryl methyl sites for hydroxylation is 1. The fraction of sp³-hybridized carbons (Fsp3) is 0.400. The SMILES string of the molecule is CCCCn1c[n+](-c2ccncn2)cn1. The van der Waals surface area contributed by atoms with Crippen molar-refractivity contribution in [2.24, 2.45) is 0 Å². The first-order valence-corrected chi connectivity index (χ1v) is 5.10. The van der Waals surface area contributed by atoms with Crippen molar-refractivity contribution < 1.29 is 4.57 Å². The highest BCUT2D eigenvalue weighted by atomic mass is 15.4. The Morgan fingerprint density at radius 1 is 1.47 bits per heavy atom. The molecule has 0 aliphatic rings. The Bertz CT molecular complexity index is 409. The van der Waals surface area contributed by atoms with E-state index in [-0.39, 0.29) is 0 Å². The average Bonchev–Trinajstić information content (AvgIpc) is 2.76. The van der Waals surface area contributed by atoms with Gasteiger partial charge in [0.1, 0.15) is 0 Å². The fourth-order valence-electron chi connectivity index (χ4n) is 1.32.